The first-order valence-corrected chi connectivity index (χ1v) is 4.42. The number of esters is 1. The minimum atomic E-state index is -4.44. The van der Waals surface area contributed by atoms with Crippen LogP contribution in [0.3, 0.4) is 0 Å². The summed E-state index contributed by atoms with van der Waals surface area (Å²) in [5, 5.41) is 2.38. The van der Waals surface area contributed by atoms with Crippen molar-refractivity contribution in [3.8, 4) is 0 Å². The number of para-hydroxylation sites is 1. The van der Waals surface area contributed by atoms with Crippen molar-refractivity contribution < 1.29 is 22.7 Å². The monoisotopic (exact) mass is 269 g/mol. The average molecular weight is 270 g/mol. The molecule has 0 heterocycles. The number of nitrogens with one attached hydrogen (secondary N) is 1. The Bertz CT molecular complexity index is 382. The van der Waals surface area contributed by atoms with E-state index in [9.17, 15) is 18.0 Å². The van der Waals surface area contributed by atoms with Gasteiger partial charge in [0.25, 0.3) is 0 Å². The smallest absolute Gasteiger partial charge is 0.418 e. The van der Waals surface area contributed by atoms with Gasteiger partial charge in [0.15, 0.2) is 0 Å². The second-order valence-electron chi connectivity index (χ2n) is 2.97. The molecule has 0 amide bonds. The number of anilines is 1. The highest BCUT2D eigenvalue weighted by Gasteiger charge is 2.33. The van der Waals surface area contributed by atoms with Crippen molar-refractivity contribution in [2.75, 3.05) is 19.0 Å². The van der Waals surface area contributed by atoms with E-state index in [4.69, 9.17) is 0 Å². The summed E-state index contributed by atoms with van der Waals surface area (Å²) in [6.45, 7) is -0.302. The van der Waals surface area contributed by atoms with Crippen LogP contribution in [0.5, 0.6) is 0 Å². The molecule has 1 aromatic rings. The predicted octanol–water partition coefficient (Wildman–Crippen LogP) is 2.71. The summed E-state index contributed by atoms with van der Waals surface area (Å²) in [4.78, 5) is 10.8. The SMILES string of the molecule is COC(=O)CNc1ccccc1C(F)(F)F.Cl. The molecule has 7 heteroatoms. The maximum absolute atomic E-state index is 12.5. The van der Waals surface area contributed by atoms with Crippen LogP contribution in [-0.2, 0) is 15.7 Å². The zero-order chi connectivity index (χ0) is 12.2. The van der Waals surface area contributed by atoms with E-state index in [2.05, 4.69) is 10.1 Å². The molecule has 96 valence electrons. The van der Waals surface area contributed by atoms with Crippen molar-refractivity contribution >= 4 is 24.1 Å². The molecule has 1 aromatic carbocycles. The lowest BCUT2D eigenvalue weighted by Gasteiger charge is -2.13. The van der Waals surface area contributed by atoms with E-state index in [-0.39, 0.29) is 24.6 Å². The fraction of sp³-hybridized carbons (Fsp3) is 0.300. The van der Waals surface area contributed by atoms with Gasteiger partial charge in [-0.25, -0.2) is 0 Å². The maximum Gasteiger partial charge on any atom is 0.418 e. The summed E-state index contributed by atoms with van der Waals surface area (Å²) in [5.41, 5.74) is -0.945. The van der Waals surface area contributed by atoms with Crippen LogP contribution >= 0.6 is 12.4 Å². The summed E-state index contributed by atoms with van der Waals surface area (Å²) in [6, 6.07) is 4.94. The van der Waals surface area contributed by atoms with Gasteiger partial charge in [-0.2, -0.15) is 13.2 Å². The number of carbonyl (C=O) groups is 1. The van der Waals surface area contributed by atoms with Gasteiger partial charge in [0.05, 0.1) is 12.7 Å². The number of carbonyl (C=O) groups excluding carboxylic acids is 1. The number of rotatable bonds is 3. The molecular weight excluding hydrogens is 259 g/mol. The van der Waals surface area contributed by atoms with E-state index in [1.165, 1.54) is 25.3 Å². The highest BCUT2D eigenvalue weighted by atomic mass is 35.5. The Morgan fingerprint density at radius 2 is 1.94 bits per heavy atom. The second kappa shape index (κ2) is 6.34. The molecule has 0 aliphatic rings. The van der Waals surface area contributed by atoms with E-state index in [1.807, 2.05) is 0 Å². The van der Waals surface area contributed by atoms with E-state index in [1.54, 1.807) is 0 Å². The highest BCUT2D eigenvalue weighted by Crippen LogP contribution is 2.34. The molecule has 17 heavy (non-hydrogen) atoms. The van der Waals surface area contributed by atoms with Crippen LogP contribution in [0, 0.1) is 0 Å². The molecule has 0 aliphatic carbocycles. The molecule has 0 saturated carbocycles. The van der Waals surface area contributed by atoms with E-state index in [0.717, 1.165) is 6.07 Å². The van der Waals surface area contributed by atoms with Crippen molar-refractivity contribution in [3.05, 3.63) is 29.8 Å². The van der Waals surface area contributed by atoms with Crippen molar-refractivity contribution in [1.82, 2.24) is 0 Å². The number of hydrogen-bond acceptors (Lipinski definition) is 3. The number of alkyl halides is 3. The maximum atomic E-state index is 12.5. The minimum absolute atomic E-state index is 0. The number of ether oxygens (including phenoxy) is 1. The van der Waals surface area contributed by atoms with E-state index >= 15 is 0 Å². The molecule has 0 unspecified atom stereocenters. The predicted molar refractivity (Wildman–Crippen MR) is 59.2 cm³/mol. The first-order chi connectivity index (χ1) is 7.45. The van der Waals surface area contributed by atoms with Crippen LogP contribution in [0.2, 0.25) is 0 Å². The summed E-state index contributed by atoms with van der Waals surface area (Å²) >= 11 is 0. The largest absolute Gasteiger partial charge is 0.468 e. The van der Waals surface area contributed by atoms with Crippen LogP contribution in [0.15, 0.2) is 24.3 Å². The van der Waals surface area contributed by atoms with Crippen molar-refractivity contribution in [1.29, 1.82) is 0 Å². The fourth-order valence-electron chi connectivity index (χ4n) is 1.12. The lowest BCUT2D eigenvalue weighted by molar-refractivity contribution is -0.139. The van der Waals surface area contributed by atoms with Gasteiger partial charge < -0.3 is 10.1 Å². The van der Waals surface area contributed by atoms with Gasteiger partial charge in [0.2, 0.25) is 0 Å². The van der Waals surface area contributed by atoms with Gasteiger partial charge in [0, 0.05) is 5.69 Å². The highest BCUT2D eigenvalue weighted by molar-refractivity contribution is 5.85. The first kappa shape index (κ1) is 15.6. The van der Waals surface area contributed by atoms with Crippen molar-refractivity contribution in [3.63, 3.8) is 0 Å². The lowest BCUT2D eigenvalue weighted by Crippen LogP contribution is -2.17. The zero-order valence-corrected chi connectivity index (χ0v) is 9.69. The first-order valence-electron chi connectivity index (χ1n) is 4.42. The molecular formula is C10H11ClF3NO2. The molecule has 0 aliphatic heterocycles. The standard InChI is InChI=1S/C10H10F3NO2.ClH/c1-16-9(15)6-14-8-5-3-2-4-7(8)10(11,12)13;/h2-5,14H,6H2,1H3;1H. The fourth-order valence-corrected chi connectivity index (χ4v) is 1.12. The number of halogens is 4. The van der Waals surface area contributed by atoms with E-state index < -0.39 is 17.7 Å². The summed E-state index contributed by atoms with van der Waals surface area (Å²) in [5.74, 6) is -0.628. The number of hydrogen-bond donors (Lipinski definition) is 1. The molecule has 1 N–H and O–H groups in total. The average Bonchev–Trinajstić information content (AvgIpc) is 2.25. The Balaban J connectivity index is 0.00000256. The third-order valence-electron chi connectivity index (χ3n) is 1.88. The Morgan fingerprint density at radius 3 is 2.47 bits per heavy atom. The van der Waals surface area contributed by atoms with Gasteiger partial charge >= 0.3 is 12.1 Å². The van der Waals surface area contributed by atoms with Gasteiger partial charge in [-0.3, -0.25) is 4.79 Å². The summed E-state index contributed by atoms with van der Waals surface area (Å²) in [6.07, 6.45) is -4.44. The summed E-state index contributed by atoms with van der Waals surface area (Å²) in [7, 11) is 1.17. The molecule has 0 spiro atoms. The Morgan fingerprint density at radius 1 is 1.35 bits per heavy atom. The number of methoxy groups -OCH3 is 1. The van der Waals surface area contributed by atoms with Crippen LogP contribution in [0.4, 0.5) is 18.9 Å². The number of benzene rings is 1. The van der Waals surface area contributed by atoms with Crippen LogP contribution in [0.1, 0.15) is 5.56 Å². The molecule has 0 fully saturated rings. The third kappa shape index (κ3) is 4.52. The van der Waals surface area contributed by atoms with Crippen molar-refractivity contribution in [2.24, 2.45) is 0 Å². The lowest BCUT2D eigenvalue weighted by atomic mass is 10.1. The van der Waals surface area contributed by atoms with Crippen LogP contribution < -0.4 is 5.32 Å². The second-order valence-corrected chi connectivity index (χ2v) is 2.97. The van der Waals surface area contributed by atoms with Gasteiger partial charge in [-0.05, 0) is 12.1 Å². The van der Waals surface area contributed by atoms with Gasteiger partial charge in [-0.1, -0.05) is 12.1 Å². The molecule has 0 bridgehead atoms. The van der Waals surface area contributed by atoms with Crippen LogP contribution in [-0.4, -0.2) is 19.6 Å². The third-order valence-corrected chi connectivity index (χ3v) is 1.88. The normalized spacial score (nSPS) is 10.4. The quantitative estimate of drug-likeness (QED) is 0.858. The molecule has 3 nitrogen and oxygen atoms in total. The molecule has 1 rings (SSSR count). The Hall–Kier alpha value is -1.43. The Labute approximate surface area is 102 Å². The molecule has 0 saturated heterocycles. The minimum Gasteiger partial charge on any atom is -0.468 e. The molecule has 0 aromatic heterocycles. The van der Waals surface area contributed by atoms with Crippen LogP contribution in [0.25, 0.3) is 0 Å². The van der Waals surface area contributed by atoms with Crippen molar-refractivity contribution in [2.45, 2.75) is 6.18 Å². The Kier molecular flexibility index (Phi) is 5.81. The van der Waals surface area contributed by atoms with E-state index in [0.29, 0.717) is 0 Å². The van der Waals surface area contributed by atoms with Gasteiger partial charge in [-0.15, -0.1) is 12.4 Å². The summed E-state index contributed by atoms with van der Waals surface area (Å²) < 4.78 is 41.8. The topological polar surface area (TPSA) is 38.3 Å². The van der Waals surface area contributed by atoms with Gasteiger partial charge in [0.1, 0.15) is 6.54 Å². The zero-order valence-electron chi connectivity index (χ0n) is 8.88. The molecule has 0 atom stereocenters. The molecule has 0 radical (unpaired) electrons.